The summed E-state index contributed by atoms with van der Waals surface area (Å²) in [6.45, 7) is 2.07. The molecule has 0 saturated carbocycles. The van der Waals surface area contributed by atoms with Crippen molar-refractivity contribution in [3.8, 4) is 0 Å². The molecule has 0 radical (unpaired) electrons. The number of nitrogens with zero attached hydrogens (tertiary/aromatic N) is 5. The minimum atomic E-state index is -0.449. The van der Waals surface area contributed by atoms with Gasteiger partial charge in [0, 0.05) is 7.05 Å². The van der Waals surface area contributed by atoms with Gasteiger partial charge < -0.3 is 9.30 Å². The van der Waals surface area contributed by atoms with Crippen LogP contribution in [0.5, 0.6) is 0 Å². The Balaban J connectivity index is 2.09. The van der Waals surface area contributed by atoms with Crippen LogP contribution in [0.2, 0.25) is 0 Å². The summed E-state index contributed by atoms with van der Waals surface area (Å²) in [6, 6.07) is 0. The summed E-state index contributed by atoms with van der Waals surface area (Å²) in [5, 5.41) is 16.2. The van der Waals surface area contributed by atoms with Crippen LogP contribution in [0.25, 0.3) is 0 Å². The van der Waals surface area contributed by atoms with Crippen LogP contribution in [0, 0.1) is 0 Å². The minimum Gasteiger partial charge on any atom is -0.461 e. The zero-order valence-corrected chi connectivity index (χ0v) is 10.8. The van der Waals surface area contributed by atoms with Crippen LogP contribution in [-0.4, -0.2) is 37.5 Å². The number of carbonyl (C=O) groups is 1. The van der Waals surface area contributed by atoms with Gasteiger partial charge in [-0.15, -0.1) is 20.4 Å². The van der Waals surface area contributed by atoms with Gasteiger partial charge in [0.1, 0.15) is 6.33 Å². The Bertz CT molecular complexity index is 523. The van der Waals surface area contributed by atoms with E-state index in [0.29, 0.717) is 16.1 Å². The van der Waals surface area contributed by atoms with Gasteiger partial charge in [0.05, 0.1) is 6.61 Å². The van der Waals surface area contributed by atoms with Crippen molar-refractivity contribution >= 4 is 29.1 Å². The van der Waals surface area contributed by atoms with Gasteiger partial charge in [0.2, 0.25) is 5.01 Å². The predicted molar refractivity (Wildman–Crippen MR) is 61.0 cm³/mol. The molecule has 0 aliphatic rings. The van der Waals surface area contributed by atoms with Crippen molar-refractivity contribution < 1.29 is 9.53 Å². The lowest BCUT2D eigenvalue weighted by molar-refractivity contribution is 0.0525. The molecule has 0 N–H and O–H groups in total. The second kappa shape index (κ2) is 5.23. The summed E-state index contributed by atoms with van der Waals surface area (Å²) in [6.07, 6.45) is 1.59. The van der Waals surface area contributed by atoms with E-state index in [2.05, 4.69) is 20.4 Å². The molecule has 0 amide bonds. The largest absolute Gasteiger partial charge is 0.461 e. The van der Waals surface area contributed by atoms with Gasteiger partial charge >= 0.3 is 5.97 Å². The van der Waals surface area contributed by atoms with E-state index in [1.165, 1.54) is 23.1 Å². The summed E-state index contributed by atoms with van der Waals surface area (Å²) in [7, 11) is 1.83. The molecule has 0 saturated heterocycles. The highest BCUT2D eigenvalue weighted by molar-refractivity contribution is 8.00. The fraction of sp³-hybridized carbons (Fsp3) is 0.375. The molecule has 2 aromatic rings. The molecule has 9 heteroatoms. The van der Waals surface area contributed by atoms with E-state index in [0.717, 1.165) is 0 Å². The quantitative estimate of drug-likeness (QED) is 0.767. The lowest BCUT2D eigenvalue weighted by Gasteiger charge is -1.95. The van der Waals surface area contributed by atoms with Crippen LogP contribution in [-0.2, 0) is 11.8 Å². The number of aryl methyl sites for hydroxylation is 1. The van der Waals surface area contributed by atoms with E-state index < -0.39 is 5.97 Å². The summed E-state index contributed by atoms with van der Waals surface area (Å²) in [5.74, 6) is -0.449. The average molecular weight is 271 g/mol. The second-order valence-electron chi connectivity index (χ2n) is 2.92. The first-order valence-corrected chi connectivity index (χ1v) is 6.36. The van der Waals surface area contributed by atoms with Gasteiger partial charge in [-0.25, -0.2) is 4.79 Å². The van der Waals surface area contributed by atoms with Crippen molar-refractivity contribution in [2.75, 3.05) is 6.61 Å². The fourth-order valence-corrected chi connectivity index (χ4v) is 2.58. The third kappa shape index (κ3) is 2.80. The van der Waals surface area contributed by atoms with Gasteiger partial charge in [-0.3, -0.25) is 0 Å². The Kier molecular flexibility index (Phi) is 3.69. The first-order valence-electron chi connectivity index (χ1n) is 4.73. The van der Waals surface area contributed by atoms with Crippen molar-refractivity contribution in [1.82, 2.24) is 25.0 Å². The first-order chi connectivity index (χ1) is 8.20. The average Bonchev–Trinajstić information content (AvgIpc) is 2.90. The van der Waals surface area contributed by atoms with Gasteiger partial charge in [-0.05, 0) is 18.7 Å². The molecule has 7 nitrogen and oxygen atoms in total. The summed E-state index contributed by atoms with van der Waals surface area (Å²) >= 11 is 2.48. The molecule has 2 rings (SSSR count). The van der Waals surface area contributed by atoms with Crippen LogP contribution < -0.4 is 0 Å². The molecular weight excluding hydrogens is 262 g/mol. The zero-order chi connectivity index (χ0) is 12.3. The van der Waals surface area contributed by atoms with Gasteiger partial charge in [0.25, 0.3) is 0 Å². The van der Waals surface area contributed by atoms with Crippen LogP contribution in [0.1, 0.15) is 16.7 Å². The molecule has 0 aliphatic carbocycles. The van der Waals surface area contributed by atoms with E-state index in [1.807, 2.05) is 7.05 Å². The van der Waals surface area contributed by atoms with E-state index in [1.54, 1.807) is 17.8 Å². The van der Waals surface area contributed by atoms with Crippen molar-refractivity contribution in [2.24, 2.45) is 7.05 Å². The van der Waals surface area contributed by atoms with E-state index >= 15 is 0 Å². The molecule has 17 heavy (non-hydrogen) atoms. The van der Waals surface area contributed by atoms with Crippen molar-refractivity contribution in [1.29, 1.82) is 0 Å². The number of aromatic nitrogens is 5. The maximum absolute atomic E-state index is 11.4. The second-order valence-corrected chi connectivity index (χ2v) is 5.11. The van der Waals surface area contributed by atoms with Crippen LogP contribution >= 0.6 is 23.1 Å². The first kappa shape index (κ1) is 12.0. The Morgan fingerprint density at radius 3 is 3.00 bits per heavy atom. The molecule has 0 atom stereocenters. The summed E-state index contributed by atoms with van der Waals surface area (Å²) < 4.78 is 7.22. The number of ether oxygens (including phenoxy) is 1. The minimum absolute atomic E-state index is 0.247. The highest BCUT2D eigenvalue weighted by Crippen LogP contribution is 2.28. The van der Waals surface area contributed by atoms with Gasteiger partial charge in [-0.1, -0.05) is 11.3 Å². The van der Waals surface area contributed by atoms with Crippen LogP contribution in [0.3, 0.4) is 0 Å². The molecule has 2 heterocycles. The number of hydrogen-bond donors (Lipinski definition) is 0. The van der Waals surface area contributed by atoms with Crippen molar-refractivity contribution in [2.45, 2.75) is 16.4 Å². The Labute approximate surface area is 105 Å². The third-order valence-corrected chi connectivity index (χ3v) is 3.71. The SMILES string of the molecule is CCOC(=O)c1nnc(Sc2nncn2C)s1. The van der Waals surface area contributed by atoms with Gasteiger partial charge in [-0.2, -0.15) is 0 Å². The van der Waals surface area contributed by atoms with Gasteiger partial charge in [0.15, 0.2) is 9.50 Å². The standard InChI is InChI=1S/C8H9N5O2S2/c1-3-15-6(14)5-10-12-8(16-5)17-7-11-9-4-13(7)2/h4H,3H2,1-2H3. The van der Waals surface area contributed by atoms with E-state index in [9.17, 15) is 4.79 Å². The van der Waals surface area contributed by atoms with Crippen molar-refractivity contribution in [3.05, 3.63) is 11.3 Å². The molecule has 0 spiro atoms. The van der Waals surface area contributed by atoms with Crippen LogP contribution in [0.15, 0.2) is 15.8 Å². The predicted octanol–water partition coefficient (Wildman–Crippen LogP) is 0.995. The Morgan fingerprint density at radius 1 is 1.53 bits per heavy atom. The maximum Gasteiger partial charge on any atom is 0.369 e. The summed E-state index contributed by atoms with van der Waals surface area (Å²) in [4.78, 5) is 11.4. The van der Waals surface area contributed by atoms with E-state index in [4.69, 9.17) is 4.74 Å². The molecule has 0 bridgehead atoms. The zero-order valence-electron chi connectivity index (χ0n) is 9.15. The molecule has 2 aromatic heterocycles. The summed E-state index contributed by atoms with van der Waals surface area (Å²) in [5.41, 5.74) is 0. The molecular formula is C8H9N5O2S2. The number of carbonyl (C=O) groups excluding carboxylic acids is 1. The number of hydrogen-bond acceptors (Lipinski definition) is 8. The molecule has 0 aromatic carbocycles. The maximum atomic E-state index is 11.4. The molecule has 0 fully saturated rings. The molecule has 0 aliphatic heterocycles. The third-order valence-electron chi connectivity index (χ3n) is 1.70. The molecule has 0 unspecified atom stereocenters. The lowest BCUT2D eigenvalue weighted by atomic mass is 10.7. The highest BCUT2D eigenvalue weighted by Gasteiger charge is 2.15. The Hall–Kier alpha value is -1.48. The smallest absolute Gasteiger partial charge is 0.369 e. The highest BCUT2D eigenvalue weighted by atomic mass is 32.2. The number of esters is 1. The number of rotatable bonds is 4. The topological polar surface area (TPSA) is 82.8 Å². The Morgan fingerprint density at radius 2 is 2.35 bits per heavy atom. The normalized spacial score (nSPS) is 10.5. The van der Waals surface area contributed by atoms with E-state index in [-0.39, 0.29) is 5.01 Å². The monoisotopic (exact) mass is 271 g/mol. The molecule has 90 valence electrons. The van der Waals surface area contributed by atoms with Crippen LogP contribution in [0.4, 0.5) is 0 Å². The van der Waals surface area contributed by atoms with Crippen molar-refractivity contribution in [3.63, 3.8) is 0 Å². The fourth-order valence-electron chi connectivity index (χ4n) is 0.969. The lowest BCUT2D eigenvalue weighted by Crippen LogP contribution is -2.03.